The number of hydrogen-bond acceptors (Lipinski definition) is 5. The number of anilines is 1. The first-order valence-electron chi connectivity index (χ1n) is 4.94. The van der Waals surface area contributed by atoms with E-state index >= 15 is 0 Å². The minimum Gasteiger partial charge on any atom is -0.368 e. The quantitative estimate of drug-likeness (QED) is 0.830. The Morgan fingerprint density at radius 1 is 1.65 bits per heavy atom. The summed E-state index contributed by atoms with van der Waals surface area (Å²) in [4.78, 5) is 18.9. The summed E-state index contributed by atoms with van der Waals surface area (Å²) in [5, 5.41) is 11.5. The van der Waals surface area contributed by atoms with Gasteiger partial charge in [0.1, 0.15) is 17.9 Å². The van der Waals surface area contributed by atoms with Gasteiger partial charge in [0.15, 0.2) is 10.8 Å². The van der Waals surface area contributed by atoms with Gasteiger partial charge in [-0.15, -0.1) is 0 Å². The van der Waals surface area contributed by atoms with E-state index in [1.807, 2.05) is 13.8 Å². The van der Waals surface area contributed by atoms with Crippen LogP contribution >= 0.6 is 11.6 Å². The van der Waals surface area contributed by atoms with Gasteiger partial charge in [0.2, 0.25) is 5.91 Å². The van der Waals surface area contributed by atoms with E-state index in [-0.39, 0.29) is 16.8 Å². The van der Waals surface area contributed by atoms with Crippen LogP contribution in [-0.4, -0.2) is 21.9 Å². The molecule has 0 radical (unpaired) electrons. The summed E-state index contributed by atoms with van der Waals surface area (Å²) >= 11 is 5.72. The van der Waals surface area contributed by atoms with Crippen LogP contribution < -0.4 is 11.1 Å². The van der Waals surface area contributed by atoms with Crippen LogP contribution in [0.1, 0.15) is 19.5 Å². The van der Waals surface area contributed by atoms with Crippen LogP contribution in [-0.2, 0) is 4.79 Å². The second-order valence-corrected chi connectivity index (χ2v) is 4.13. The fourth-order valence-electron chi connectivity index (χ4n) is 1.24. The molecule has 17 heavy (non-hydrogen) atoms. The van der Waals surface area contributed by atoms with Gasteiger partial charge in [-0.3, -0.25) is 4.79 Å². The Morgan fingerprint density at radius 2 is 2.29 bits per heavy atom. The number of nitrogens with one attached hydrogen (secondary N) is 1. The molecule has 0 bridgehead atoms. The molecule has 1 aromatic heterocycles. The van der Waals surface area contributed by atoms with E-state index < -0.39 is 11.9 Å². The first-order chi connectivity index (χ1) is 7.95. The Bertz CT molecular complexity index is 468. The number of nitrogens with zero attached hydrogens (tertiary/aromatic N) is 3. The largest absolute Gasteiger partial charge is 0.368 e. The average Bonchev–Trinajstić information content (AvgIpc) is 2.25. The number of hydrogen-bond donors (Lipinski definition) is 2. The van der Waals surface area contributed by atoms with Crippen LogP contribution in [0.15, 0.2) is 6.20 Å². The van der Waals surface area contributed by atoms with E-state index in [9.17, 15) is 4.79 Å². The normalized spacial score (nSPS) is 11.9. The first kappa shape index (κ1) is 13.2. The minimum atomic E-state index is -0.562. The Hall–Kier alpha value is -1.87. The monoisotopic (exact) mass is 253 g/mol. The molecule has 0 fully saturated rings. The molecular formula is C10H12ClN5O. The maximum absolute atomic E-state index is 11.2. The number of nitrogens with two attached hydrogens (primary N) is 1. The standard InChI is InChI=1S/C10H12ClN5O/c1-5(2)8(10(13)17)15-7-4-14-6(3-12)9(11)16-7/h4-5,8H,1-2H3,(H2,13,17)(H,15,16)/t8-/m1/s1. The number of primary amides is 1. The number of aromatic nitrogens is 2. The number of nitriles is 1. The van der Waals surface area contributed by atoms with Crippen LogP contribution in [0.4, 0.5) is 5.82 Å². The summed E-state index contributed by atoms with van der Waals surface area (Å²) in [6.45, 7) is 3.70. The van der Waals surface area contributed by atoms with E-state index in [2.05, 4.69) is 15.3 Å². The van der Waals surface area contributed by atoms with Gasteiger partial charge in [-0.1, -0.05) is 25.4 Å². The summed E-state index contributed by atoms with van der Waals surface area (Å²) in [5.41, 5.74) is 5.28. The summed E-state index contributed by atoms with van der Waals surface area (Å²) < 4.78 is 0. The lowest BCUT2D eigenvalue weighted by atomic mass is 10.0. The Balaban J connectivity index is 2.92. The minimum absolute atomic E-state index is 0.00344. The highest BCUT2D eigenvalue weighted by atomic mass is 35.5. The van der Waals surface area contributed by atoms with Gasteiger partial charge in [-0.25, -0.2) is 9.97 Å². The maximum Gasteiger partial charge on any atom is 0.240 e. The van der Waals surface area contributed by atoms with Crippen LogP contribution in [0.25, 0.3) is 0 Å². The second-order valence-electron chi connectivity index (χ2n) is 3.77. The maximum atomic E-state index is 11.2. The predicted molar refractivity (Wildman–Crippen MR) is 63.2 cm³/mol. The van der Waals surface area contributed by atoms with Crippen molar-refractivity contribution in [2.24, 2.45) is 11.7 Å². The van der Waals surface area contributed by atoms with E-state index in [0.29, 0.717) is 5.82 Å². The summed E-state index contributed by atoms with van der Waals surface area (Å²) in [7, 11) is 0. The number of amides is 1. The molecule has 0 aromatic carbocycles. The average molecular weight is 254 g/mol. The van der Waals surface area contributed by atoms with Crippen molar-refractivity contribution in [1.29, 1.82) is 5.26 Å². The van der Waals surface area contributed by atoms with Crippen LogP contribution in [0.3, 0.4) is 0 Å². The Labute approximate surface area is 104 Å². The predicted octanol–water partition coefficient (Wildman–Crippen LogP) is 0.923. The van der Waals surface area contributed by atoms with Crippen molar-refractivity contribution < 1.29 is 4.79 Å². The van der Waals surface area contributed by atoms with Crippen molar-refractivity contribution >= 4 is 23.3 Å². The molecule has 0 saturated carbocycles. The van der Waals surface area contributed by atoms with Crippen LogP contribution in [0.2, 0.25) is 5.15 Å². The second kappa shape index (κ2) is 5.46. The lowest BCUT2D eigenvalue weighted by molar-refractivity contribution is -0.119. The fraction of sp³-hybridized carbons (Fsp3) is 0.400. The number of rotatable bonds is 4. The van der Waals surface area contributed by atoms with Gasteiger partial charge in [-0.05, 0) is 5.92 Å². The molecule has 1 aromatic rings. The summed E-state index contributed by atoms with van der Waals surface area (Å²) in [6.07, 6.45) is 1.34. The van der Waals surface area contributed by atoms with Gasteiger partial charge in [0, 0.05) is 0 Å². The zero-order valence-corrected chi connectivity index (χ0v) is 10.2. The fourth-order valence-corrected chi connectivity index (χ4v) is 1.42. The smallest absolute Gasteiger partial charge is 0.240 e. The Morgan fingerprint density at radius 3 is 2.71 bits per heavy atom. The molecule has 1 rings (SSSR count). The molecule has 0 saturated heterocycles. The number of carbonyl (C=O) groups is 1. The van der Waals surface area contributed by atoms with Crippen molar-refractivity contribution in [3.63, 3.8) is 0 Å². The van der Waals surface area contributed by atoms with Crippen molar-refractivity contribution in [3.05, 3.63) is 17.0 Å². The molecule has 1 amide bonds. The third-order valence-electron chi connectivity index (χ3n) is 2.11. The molecule has 3 N–H and O–H groups in total. The molecule has 6 nitrogen and oxygen atoms in total. The van der Waals surface area contributed by atoms with E-state index in [1.54, 1.807) is 6.07 Å². The highest BCUT2D eigenvalue weighted by Crippen LogP contribution is 2.15. The third kappa shape index (κ3) is 3.29. The number of halogens is 1. The summed E-state index contributed by atoms with van der Waals surface area (Å²) in [6, 6.07) is 1.23. The van der Waals surface area contributed by atoms with Crippen LogP contribution in [0.5, 0.6) is 0 Å². The lowest BCUT2D eigenvalue weighted by Crippen LogP contribution is -2.39. The lowest BCUT2D eigenvalue weighted by Gasteiger charge is -2.19. The SMILES string of the molecule is CC(C)[C@@H](Nc1cnc(C#N)c(Cl)n1)C(N)=O. The highest BCUT2D eigenvalue weighted by Gasteiger charge is 2.20. The van der Waals surface area contributed by atoms with Gasteiger partial charge in [-0.2, -0.15) is 5.26 Å². The molecular weight excluding hydrogens is 242 g/mol. The van der Waals surface area contributed by atoms with Crippen molar-refractivity contribution in [3.8, 4) is 6.07 Å². The van der Waals surface area contributed by atoms with Crippen molar-refractivity contribution in [1.82, 2.24) is 9.97 Å². The van der Waals surface area contributed by atoms with Crippen molar-refractivity contribution in [2.45, 2.75) is 19.9 Å². The van der Waals surface area contributed by atoms with E-state index in [4.69, 9.17) is 22.6 Å². The molecule has 0 aliphatic carbocycles. The molecule has 1 atom stereocenters. The molecule has 0 aliphatic heterocycles. The van der Waals surface area contributed by atoms with Gasteiger partial charge in [0.25, 0.3) is 0 Å². The van der Waals surface area contributed by atoms with Crippen molar-refractivity contribution in [2.75, 3.05) is 5.32 Å². The molecule has 90 valence electrons. The van der Waals surface area contributed by atoms with Gasteiger partial charge in [0.05, 0.1) is 6.20 Å². The zero-order valence-electron chi connectivity index (χ0n) is 9.44. The highest BCUT2D eigenvalue weighted by molar-refractivity contribution is 6.30. The summed E-state index contributed by atoms with van der Waals surface area (Å²) in [5.74, 6) is -0.169. The topological polar surface area (TPSA) is 105 Å². The van der Waals surface area contributed by atoms with Crippen LogP contribution in [0, 0.1) is 17.2 Å². The van der Waals surface area contributed by atoms with E-state index in [0.717, 1.165) is 0 Å². The zero-order chi connectivity index (χ0) is 13.0. The third-order valence-corrected chi connectivity index (χ3v) is 2.38. The van der Waals surface area contributed by atoms with Gasteiger partial charge >= 0.3 is 0 Å². The number of carbonyl (C=O) groups excluding carboxylic acids is 1. The van der Waals surface area contributed by atoms with E-state index in [1.165, 1.54) is 6.20 Å². The first-order valence-corrected chi connectivity index (χ1v) is 5.32. The Kier molecular flexibility index (Phi) is 4.24. The molecule has 0 aliphatic rings. The molecule has 0 spiro atoms. The van der Waals surface area contributed by atoms with Gasteiger partial charge < -0.3 is 11.1 Å². The molecule has 7 heteroatoms. The molecule has 1 heterocycles. The molecule has 0 unspecified atom stereocenters.